The van der Waals surface area contributed by atoms with Crippen molar-refractivity contribution in [3.05, 3.63) is 0 Å². The zero-order valence-corrected chi connectivity index (χ0v) is 8.63. The first kappa shape index (κ1) is 10.5. The zero-order chi connectivity index (χ0) is 10.3. The first-order valence-electron chi connectivity index (χ1n) is 4.33. The van der Waals surface area contributed by atoms with Crippen LogP contribution in [0, 0.1) is 5.41 Å². The topological polar surface area (TPSA) is 49.8 Å². The molecular formula is C9H17NO3. The van der Waals surface area contributed by atoms with E-state index in [9.17, 15) is 9.90 Å². The number of aliphatic carboxylic acids is 1. The predicted octanol–water partition coefficient (Wildman–Crippen LogP) is 0.428. The van der Waals surface area contributed by atoms with E-state index < -0.39 is 11.5 Å². The second kappa shape index (κ2) is 2.96. The summed E-state index contributed by atoms with van der Waals surface area (Å²) in [4.78, 5) is 13.0. The molecule has 1 heterocycles. The molecule has 4 nitrogen and oxygen atoms in total. The Labute approximate surface area is 78.5 Å². The summed E-state index contributed by atoms with van der Waals surface area (Å²) in [7, 11) is 3.56. The Hall–Kier alpha value is -0.610. The van der Waals surface area contributed by atoms with Crippen molar-refractivity contribution in [2.75, 3.05) is 27.3 Å². The van der Waals surface area contributed by atoms with Crippen LogP contribution in [0.1, 0.15) is 13.8 Å². The molecule has 0 aromatic heterocycles. The number of rotatable bonds is 2. The van der Waals surface area contributed by atoms with Crippen LogP contribution in [0.4, 0.5) is 0 Å². The first-order chi connectivity index (χ1) is 5.84. The SMILES string of the molecule is CN(C)C1(C(=O)O)COCC1(C)C. The van der Waals surface area contributed by atoms with Crippen molar-refractivity contribution in [2.24, 2.45) is 5.41 Å². The summed E-state index contributed by atoms with van der Waals surface area (Å²) in [6, 6.07) is 0. The minimum atomic E-state index is -0.882. The van der Waals surface area contributed by atoms with Crippen molar-refractivity contribution in [2.45, 2.75) is 19.4 Å². The average Bonchev–Trinajstić information content (AvgIpc) is 2.25. The molecule has 0 aromatic carbocycles. The molecule has 1 unspecified atom stereocenters. The minimum Gasteiger partial charge on any atom is -0.480 e. The molecule has 76 valence electrons. The van der Waals surface area contributed by atoms with E-state index in [4.69, 9.17) is 4.74 Å². The molecule has 0 amide bonds. The van der Waals surface area contributed by atoms with Crippen LogP contribution in [-0.2, 0) is 9.53 Å². The van der Waals surface area contributed by atoms with Gasteiger partial charge in [0.05, 0.1) is 13.2 Å². The third kappa shape index (κ3) is 1.25. The summed E-state index contributed by atoms with van der Waals surface area (Å²) in [6.07, 6.45) is 0. The number of likely N-dealkylation sites (N-methyl/N-ethyl adjacent to an activating group) is 1. The summed E-state index contributed by atoms with van der Waals surface area (Å²) in [6.45, 7) is 4.61. The van der Waals surface area contributed by atoms with Crippen LogP contribution in [0.3, 0.4) is 0 Å². The van der Waals surface area contributed by atoms with Crippen molar-refractivity contribution < 1.29 is 14.6 Å². The molecule has 13 heavy (non-hydrogen) atoms. The van der Waals surface area contributed by atoms with Gasteiger partial charge in [-0.15, -0.1) is 0 Å². The van der Waals surface area contributed by atoms with E-state index in [0.717, 1.165) is 0 Å². The maximum atomic E-state index is 11.3. The fourth-order valence-electron chi connectivity index (χ4n) is 2.05. The summed E-state index contributed by atoms with van der Waals surface area (Å²) < 4.78 is 5.28. The Morgan fingerprint density at radius 3 is 2.08 bits per heavy atom. The quantitative estimate of drug-likeness (QED) is 0.681. The van der Waals surface area contributed by atoms with Gasteiger partial charge in [-0.05, 0) is 14.1 Å². The zero-order valence-electron chi connectivity index (χ0n) is 8.63. The highest BCUT2D eigenvalue weighted by Gasteiger charge is 2.57. The van der Waals surface area contributed by atoms with Crippen molar-refractivity contribution in [1.82, 2.24) is 4.90 Å². The van der Waals surface area contributed by atoms with Gasteiger partial charge in [0.25, 0.3) is 0 Å². The van der Waals surface area contributed by atoms with Crippen LogP contribution in [0.5, 0.6) is 0 Å². The molecule has 0 aromatic rings. The largest absolute Gasteiger partial charge is 0.480 e. The molecule has 1 N–H and O–H groups in total. The van der Waals surface area contributed by atoms with Crippen LogP contribution in [0.25, 0.3) is 0 Å². The van der Waals surface area contributed by atoms with Gasteiger partial charge in [-0.3, -0.25) is 9.69 Å². The molecule has 1 aliphatic rings. The number of carbonyl (C=O) groups is 1. The highest BCUT2D eigenvalue weighted by Crippen LogP contribution is 2.40. The van der Waals surface area contributed by atoms with Gasteiger partial charge in [-0.2, -0.15) is 0 Å². The van der Waals surface area contributed by atoms with Gasteiger partial charge in [-0.25, -0.2) is 0 Å². The lowest BCUT2D eigenvalue weighted by atomic mass is 9.74. The monoisotopic (exact) mass is 187 g/mol. The van der Waals surface area contributed by atoms with Crippen molar-refractivity contribution in [1.29, 1.82) is 0 Å². The second-order valence-corrected chi connectivity index (χ2v) is 4.44. The van der Waals surface area contributed by atoms with Crippen LogP contribution in [0.15, 0.2) is 0 Å². The van der Waals surface area contributed by atoms with Crippen molar-refractivity contribution >= 4 is 5.97 Å². The number of carboxylic acid groups (broad SMARTS) is 1. The van der Waals surface area contributed by atoms with Crippen LogP contribution in [-0.4, -0.2) is 48.8 Å². The molecule has 0 bridgehead atoms. The summed E-state index contributed by atoms with van der Waals surface area (Å²) >= 11 is 0. The number of hydrogen-bond donors (Lipinski definition) is 1. The Kier molecular flexibility index (Phi) is 2.38. The molecule has 0 radical (unpaired) electrons. The summed E-state index contributed by atoms with van der Waals surface area (Å²) in [5, 5.41) is 9.25. The van der Waals surface area contributed by atoms with Gasteiger partial charge in [0.2, 0.25) is 0 Å². The molecule has 0 spiro atoms. The second-order valence-electron chi connectivity index (χ2n) is 4.44. The van der Waals surface area contributed by atoms with Crippen LogP contribution >= 0.6 is 0 Å². The van der Waals surface area contributed by atoms with Gasteiger partial charge in [0.1, 0.15) is 5.54 Å². The van der Waals surface area contributed by atoms with Crippen LogP contribution in [0.2, 0.25) is 0 Å². The lowest BCUT2D eigenvalue weighted by Gasteiger charge is -2.40. The molecule has 0 saturated carbocycles. The third-order valence-electron chi connectivity index (χ3n) is 3.01. The molecule has 1 saturated heterocycles. The maximum absolute atomic E-state index is 11.3. The molecule has 1 rings (SSSR count). The maximum Gasteiger partial charge on any atom is 0.327 e. The van der Waals surface area contributed by atoms with Crippen LogP contribution < -0.4 is 0 Å². The Balaban J connectivity index is 3.11. The van der Waals surface area contributed by atoms with E-state index in [-0.39, 0.29) is 12.0 Å². The van der Waals surface area contributed by atoms with Crippen molar-refractivity contribution in [3.63, 3.8) is 0 Å². The van der Waals surface area contributed by atoms with Gasteiger partial charge < -0.3 is 9.84 Å². The molecular weight excluding hydrogens is 170 g/mol. The Morgan fingerprint density at radius 1 is 1.38 bits per heavy atom. The fourth-order valence-corrected chi connectivity index (χ4v) is 2.05. The lowest BCUT2D eigenvalue weighted by Crippen LogP contribution is -2.60. The fraction of sp³-hybridized carbons (Fsp3) is 0.889. The minimum absolute atomic E-state index is 0.266. The number of nitrogens with zero attached hydrogens (tertiary/aromatic N) is 1. The standard InChI is InChI=1S/C9H17NO3/c1-8(2)5-13-6-9(8,7(11)12)10(3)4/h5-6H2,1-4H3,(H,11,12). The first-order valence-corrected chi connectivity index (χ1v) is 4.33. The van der Waals surface area contributed by atoms with Gasteiger partial charge >= 0.3 is 5.97 Å². The Bertz CT molecular complexity index is 225. The Morgan fingerprint density at radius 2 is 1.92 bits per heavy atom. The molecule has 0 aliphatic carbocycles. The van der Waals surface area contributed by atoms with Gasteiger partial charge in [-0.1, -0.05) is 13.8 Å². The molecule has 1 atom stereocenters. The normalized spacial score (nSPS) is 32.4. The number of carboxylic acids is 1. The summed E-state index contributed by atoms with van der Waals surface area (Å²) in [5.41, 5.74) is -1.23. The van der Waals surface area contributed by atoms with E-state index in [2.05, 4.69) is 0 Å². The highest BCUT2D eigenvalue weighted by molar-refractivity contribution is 5.80. The average molecular weight is 187 g/mol. The van der Waals surface area contributed by atoms with Crippen molar-refractivity contribution in [3.8, 4) is 0 Å². The predicted molar refractivity (Wildman–Crippen MR) is 48.7 cm³/mol. The molecule has 1 fully saturated rings. The van der Waals surface area contributed by atoms with E-state index in [1.54, 1.807) is 19.0 Å². The van der Waals surface area contributed by atoms with Gasteiger partial charge in [0.15, 0.2) is 0 Å². The van der Waals surface area contributed by atoms with E-state index in [1.165, 1.54) is 0 Å². The highest BCUT2D eigenvalue weighted by atomic mass is 16.5. The molecule has 4 heteroatoms. The summed E-state index contributed by atoms with van der Waals surface area (Å²) in [5.74, 6) is -0.806. The van der Waals surface area contributed by atoms with E-state index in [0.29, 0.717) is 6.61 Å². The number of ether oxygens (including phenoxy) is 1. The van der Waals surface area contributed by atoms with E-state index in [1.807, 2.05) is 13.8 Å². The van der Waals surface area contributed by atoms with E-state index >= 15 is 0 Å². The van der Waals surface area contributed by atoms with Gasteiger partial charge in [0, 0.05) is 5.41 Å². The smallest absolute Gasteiger partial charge is 0.327 e. The number of hydrogen-bond acceptors (Lipinski definition) is 3. The lowest BCUT2D eigenvalue weighted by molar-refractivity contribution is -0.155. The molecule has 1 aliphatic heterocycles. The third-order valence-corrected chi connectivity index (χ3v) is 3.01.